The number of carbonyl (C=O) groups is 1. The molecule has 2 aliphatic heterocycles. The average molecular weight is 464 g/mol. The zero-order valence-corrected chi connectivity index (χ0v) is 18.7. The third kappa shape index (κ3) is 4.07. The van der Waals surface area contributed by atoms with Gasteiger partial charge in [-0.05, 0) is 25.0 Å². The number of hydrogen-bond acceptors (Lipinski definition) is 6. The predicted octanol–water partition coefficient (Wildman–Crippen LogP) is 3.16. The topological polar surface area (TPSA) is 97.3 Å². The number of likely N-dealkylation sites (tertiary alicyclic amines) is 1. The molecule has 0 spiro atoms. The minimum absolute atomic E-state index is 0.192. The van der Waals surface area contributed by atoms with Gasteiger partial charge in [-0.1, -0.05) is 23.7 Å². The Morgan fingerprint density at radius 1 is 1.19 bits per heavy atom. The second-order valence-electron chi connectivity index (χ2n) is 7.35. The molecule has 4 rings (SSSR count). The summed E-state index contributed by atoms with van der Waals surface area (Å²) in [5.74, 6) is 0.705. The van der Waals surface area contributed by atoms with Crippen molar-refractivity contribution >= 4 is 39.1 Å². The molecule has 1 unspecified atom stereocenters. The number of hydrogen-bond donors (Lipinski definition) is 1. The van der Waals surface area contributed by atoms with E-state index in [1.807, 2.05) is 4.90 Å². The molecule has 1 amide bonds. The van der Waals surface area contributed by atoms with E-state index in [4.69, 9.17) is 21.1 Å². The molecule has 2 aliphatic rings. The molecule has 2 aromatic carbocycles. The van der Waals surface area contributed by atoms with Gasteiger partial charge in [0.1, 0.15) is 16.4 Å². The molecule has 0 aliphatic carbocycles. The number of piperidine rings is 1. The van der Waals surface area contributed by atoms with Gasteiger partial charge in [0.15, 0.2) is 5.84 Å². The smallest absolute Gasteiger partial charge is 0.285 e. The molecular formula is C21H22ClN3O5S. The lowest BCUT2D eigenvalue weighted by Crippen LogP contribution is -2.43. The van der Waals surface area contributed by atoms with Crippen LogP contribution in [0.5, 0.6) is 11.5 Å². The fourth-order valence-corrected chi connectivity index (χ4v) is 5.35. The maximum Gasteiger partial charge on any atom is 0.285 e. The Morgan fingerprint density at radius 2 is 1.94 bits per heavy atom. The minimum atomic E-state index is -3.71. The SMILES string of the molecule is COc1cc(NC(=O)C2CCCN(C3=NS(=O)(=O)c4ccccc43)C2)c(OC)cc1Cl. The molecule has 0 radical (unpaired) electrons. The molecule has 1 N–H and O–H groups in total. The summed E-state index contributed by atoms with van der Waals surface area (Å²) in [5, 5.41) is 3.27. The third-order valence-corrected chi connectivity index (χ3v) is 7.06. The molecule has 0 bridgehead atoms. The highest BCUT2D eigenvalue weighted by Crippen LogP contribution is 2.36. The number of benzene rings is 2. The lowest BCUT2D eigenvalue weighted by molar-refractivity contribution is -0.121. The lowest BCUT2D eigenvalue weighted by Gasteiger charge is -2.33. The highest BCUT2D eigenvalue weighted by molar-refractivity contribution is 7.90. The summed E-state index contributed by atoms with van der Waals surface area (Å²) in [7, 11) is -0.723. The molecule has 2 heterocycles. The number of carbonyl (C=O) groups excluding carboxylic acids is 1. The molecule has 0 aromatic heterocycles. The first-order valence-electron chi connectivity index (χ1n) is 9.75. The van der Waals surface area contributed by atoms with Crippen LogP contribution in [0.25, 0.3) is 0 Å². The number of nitrogens with one attached hydrogen (secondary N) is 1. The van der Waals surface area contributed by atoms with Gasteiger partial charge in [0.25, 0.3) is 10.0 Å². The van der Waals surface area contributed by atoms with E-state index in [2.05, 4.69) is 9.71 Å². The molecule has 1 saturated heterocycles. The molecule has 31 heavy (non-hydrogen) atoms. The quantitative estimate of drug-likeness (QED) is 0.748. The number of anilines is 1. The standard InChI is InChI=1S/C21H22ClN3O5S/c1-29-17-11-16(18(30-2)10-15(17)22)23-21(26)13-6-5-9-25(12-13)20-14-7-3-4-8-19(14)31(27,28)24-20/h3-4,7-8,10-11,13H,5-6,9,12H2,1-2H3,(H,23,26). The Morgan fingerprint density at radius 3 is 2.68 bits per heavy atom. The van der Waals surface area contributed by atoms with Crippen molar-refractivity contribution in [1.82, 2.24) is 4.90 Å². The average Bonchev–Trinajstić information content (AvgIpc) is 3.06. The van der Waals surface area contributed by atoms with Crippen LogP contribution < -0.4 is 14.8 Å². The van der Waals surface area contributed by atoms with E-state index in [0.717, 1.165) is 6.42 Å². The van der Waals surface area contributed by atoms with E-state index in [9.17, 15) is 13.2 Å². The number of rotatable bonds is 4. The van der Waals surface area contributed by atoms with Crippen molar-refractivity contribution in [3.8, 4) is 11.5 Å². The first-order valence-corrected chi connectivity index (χ1v) is 11.6. The molecule has 1 atom stereocenters. The second-order valence-corrected chi connectivity index (χ2v) is 9.33. The van der Waals surface area contributed by atoms with Crippen molar-refractivity contribution < 1.29 is 22.7 Å². The maximum atomic E-state index is 13.0. The van der Waals surface area contributed by atoms with Crippen LogP contribution in [0.1, 0.15) is 18.4 Å². The van der Waals surface area contributed by atoms with Gasteiger partial charge in [-0.15, -0.1) is 4.40 Å². The Balaban J connectivity index is 1.54. The molecular weight excluding hydrogens is 442 g/mol. The minimum Gasteiger partial charge on any atom is -0.495 e. The van der Waals surface area contributed by atoms with E-state index in [1.54, 1.807) is 36.4 Å². The van der Waals surface area contributed by atoms with Gasteiger partial charge in [-0.2, -0.15) is 8.42 Å². The van der Waals surface area contributed by atoms with E-state index < -0.39 is 10.0 Å². The van der Waals surface area contributed by atoms with Gasteiger partial charge in [0.2, 0.25) is 5.91 Å². The van der Waals surface area contributed by atoms with Crippen LogP contribution in [0.3, 0.4) is 0 Å². The molecule has 8 nitrogen and oxygen atoms in total. The van der Waals surface area contributed by atoms with Crippen LogP contribution in [0, 0.1) is 5.92 Å². The van der Waals surface area contributed by atoms with E-state index >= 15 is 0 Å². The Bertz CT molecular complexity index is 1170. The zero-order chi connectivity index (χ0) is 22.2. The molecule has 2 aromatic rings. The van der Waals surface area contributed by atoms with Gasteiger partial charge >= 0.3 is 0 Å². The Labute approximate surface area is 185 Å². The van der Waals surface area contributed by atoms with Gasteiger partial charge in [0.05, 0.1) is 30.8 Å². The number of amidine groups is 1. The first-order chi connectivity index (χ1) is 14.8. The van der Waals surface area contributed by atoms with Crippen LogP contribution in [0.4, 0.5) is 5.69 Å². The number of amides is 1. The van der Waals surface area contributed by atoms with Crippen LogP contribution in [0.2, 0.25) is 5.02 Å². The van der Waals surface area contributed by atoms with Crippen LogP contribution in [-0.2, 0) is 14.8 Å². The number of halogens is 1. The fourth-order valence-electron chi connectivity index (χ4n) is 3.89. The number of nitrogens with zero attached hydrogens (tertiary/aromatic N) is 2. The van der Waals surface area contributed by atoms with Gasteiger partial charge in [-0.25, -0.2) is 0 Å². The molecule has 0 saturated carbocycles. The second kappa shape index (κ2) is 8.39. The highest BCUT2D eigenvalue weighted by Gasteiger charge is 2.35. The first kappa shape index (κ1) is 21.5. The number of ether oxygens (including phenoxy) is 2. The summed E-state index contributed by atoms with van der Waals surface area (Å²) in [6, 6.07) is 9.95. The van der Waals surface area contributed by atoms with Crippen molar-refractivity contribution in [2.45, 2.75) is 17.7 Å². The van der Waals surface area contributed by atoms with Crippen molar-refractivity contribution in [2.24, 2.45) is 10.3 Å². The monoisotopic (exact) mass is 463 g/mol. The predicted molar refractivity (Wildman–Crippen MR) is 118 cm³/mol. The van der Waals surface area contributed by atoms with Crippen molar-refractivity contribution in [1.29, 1.82) is 0 Å². The van der Waals surface area contributed by atoms with Crippen molar-refractivity contribution in [3.05, 3.63) is 47.0 Å². The number of methoxy groups -OCH3 is 2. The molecule has 164 valence electrons. The van der Waals surface area contributed by atoms with Crippen molar-refractivity contribution in [3.63, 3.8) is 0 Å². The van der Waals surface area contributed by atoms with Gasteiger partial charge < -0.3 is 19.7 Å². The summed E-state index contributed by atoms with van der Waals surface area (Å²) in [6.45, 7) is 0.992. The van der Waals surface area contributed by atoms with E-state index in [-0.39, 0.29) is 16.7 Å². The Kier molecular flexibility index (Phi) is 5.81. The van der Waals surface area contributed by atoms with Crippen LogP contribution >= 0.6 is 11.6 Å². The summed E-state index contributed by atoms with van der Waals surface area (Å²) in [4.78, 5) is 15.1. The summed E-state index contributed by atoms with van der Waals surface area (Å²) >= 11 is 6.13. The van der Waals surface area contributed by atoms with Crippen LogP contribution in [-0.4, -0.2) is 52.4 Å². The van der Waals surface area contributed by atoms with E-state index in [0.29, 0.717) is 53.1 Å². The summed E-state index contributed by atoms with van der Waals surface area (Å²) < 4.78 is 39.3. The summed E-state index contributed by atoms with van der Waals surface area (Å²) in [5.41, 5.74) is 1.03. The highest BCUT2D eigenvalue weighted by atomic mass is 35.5. The Hall–Kier alpha value is -2.78. The largest absolute Gasteiger partial charge is 0.495 e. The zero-order valence-electron chi connectivity index (χ0n) is 17.1. The van der Waals surface area contributed by atoms with Crippen LogP contribution in [0.15, 0.2) is 45.7 Å². The molecule has 10 heteroatoms. The third-order valence-electron chi connectivity index (χ3n) is 5.44. The van der Waals surface area contributed by atoms with Crippen molar-refractivity contribution in [2.75, 3.05) is 32.6 Å². The van der Waals surface area contributed by atoms with E-state index in [1.165, 1.54) is 14.2 Å². The number of fused-ring (bicyclic) bond motifs is 1. The fraction of sp³-hybridized carbons (Fsp3) is 0.333. The maximum absolute atomic E-state index is 13.0. The molecule has 1 fully saturated rings. The van der Waals surface area contributed by atoms with Gasteiger partial charge in [0, 0.05) is 30.8 Å². The normalized spacial score (nSPS) is 19.4. The van der Waals surface area contributed by atoms with Gasteiger partial charge in [-0.3, -0.25) is 4.79 Å². The summed E-state index contributed by atoms with van der Waals surface area (Å²) in [6.07, 6.45) is 1.41. The number of sulfonamides is 1. The lowest BCUT2D eigenvalue weighted by atomic mass is 9.96.